The molecule has 0 radical (unpaired) electrons. The van der Waals surface area contributed by atoms with E-state index in [-0.39, 0.29) is 28.8 Å². The number of aliphatic carboxylic acids is 1. The van der Waals surface area contributed by atoms with E-state index in [1.165, 1.54) is 18.3 Å². The van der Waals surface area contributed by atoms with Crippen molar-refractivity contribution in [3.05, 3.63) is 41.2 Å². The summed E-state index contributed by atoms with van der Waals surface area (Å²) in [4.78, 5) is 40.9. The molecule has 1 aromatic heterocycles. The summed E-state index contributed by atoms with van der Waals surface area (Å²) in [6.45, 7) is 3.86. The highest BCUT2D eigenvalue weighted by Crippen LogP contribution is 2.40. The number of rotatable bonds is 7. The van der Waals surface area contributed by atoms with Gasteiger partial charge in [-0.3, -0.25) is 9.59 Å². The van der Waals surface area contributed by atoms with Gasteiger partial charge in [0.25, 0.3) is 5.91 Å². The lowest BCUT2D eigenvalue weighted by molar-refractivity contribution is -0.264. The fourth-order valence-electron chi connectivity index (χ4n) is 2.91. The number of nitrogen functional groups attached to an aromatic ring is 1. The van der Waals surface area contributed by atoms with Crippen LogP contribution in [0.3, 0.4) is 0 Å². The molecule has 1 aromatic carbocycles. The molecular formula is C23H24F6N6O5. The van der Waals surface area contributed by atoms with Gasteiger partial charge in [0.15, 0.2) is 11.5 Å². The minimum atomic E-state index is -5.16. The third kappa shape index (κ3) is 8.80. The van der Waals surface area contributed by atoms with E-state index in [4.69, 9.17) is 20.9 Å². The minimum absolute atomic E-state index is 0.0653. The molecule has 0 aliphatic carbocycles. The van der Waals surface area contributed by atoms with E-state index in [0.717, 1.165) is 12.1 Å². The molecule has 0 aliphatic rings. The SMILES string of the molecule is Cc1ccc(C(O)(CNC(=O)CC#N)C(F)(F)F)cc1-c1cnc(N)c(C(=O)NC(C)C)n1.O=C(O)C(F)(F)F. The molecule has 17 heteroatoms. The second kappa shape index (κ2) is 13.1. The van der Waals surface area contributed by atoms with Crippen LogP contribution in [0.25, 0.3) is 11.3 Å². The zero-order chi connectivity index (χ0) is 31.1. The van der Waals surface area contributed by atoms with Gasteiger partial charge in [-0.25, -0.2) is 14.8 Å². The standard InChI is InChI=1S/C21H23F3N6O3.C2HF3O2/c1-11(2)29-19(32)17-18(26)27-9-15(30-17)14-8-13(5-4-12(14)3)20(33,21(22,23)24)10-28-16(31)6-7-25;3-2(4,5)1(6)7/h4-5,8-9,11,33H,6,10H2,1-3H3,(H2,26,27)(H,28,31)(H,29,32);(H,6,7). The quantitative estimate of drug-likeness (QED) is 0.307. The number of carbonyl (C=O) groups excluding carboxylic acids is 2. The predicted molar refractivity (Wildman–Crippen MR) is 126 cm³/mol. The van der Waals surface area contributed by atoms with Crippen LogP contribution < -0.4 is 16.4 Å². The van der Waals surface area contributed by atoms with Gasteiger partial charge in [-0.15, -0.1) is 0 Å². The van der Waals surface area contributed by atoms with Gasteiger partial charge in [-0.2, -0.15) is 31.6 Å². The molecule has 0 spiro atoms. The van der Waals surface area contributed by atoms with Gasteiger partial charge in [0.1, 0.15) is 6.42 Å². The number of aliphatic hydroxyl groups is 1. The number of benzene rings is 1. The van der Waals surface area contributed by atoms with Gasteiger partial charge >= 0.3 is 18.3 Å². The van der Waals surface area contributed by atoms with Crippen LogP contribution in [0.2, 0.25) is 0 Å². The molecule has 0 aliphatic heterocycles. The molecule has 40 heavy (non-hydrogen) atoms. The topological polar surface area (TPSA) is 191 Å². The normalized spacial score (nSPS) is 12.8. The summed E-state index contributed by atoms with van der Waals surface area (Å²) in [7, 11) is 0. The fraction of sp³-hybridized carbons (Fsp3) is 0.391. The van der Waals surface area contributed by atoms with E-state index in [1.807, 2.05) is 5.32 Å². The van der Waals surface area contributed by atoms with Gasteiger partial charge in [-0.05, 0) is 38.0 Å². The molecular weight excluding hydrogens is 554 g/mol. The highest BCUT2D eigenvalue weighted by Gasteiger charge is 2.55. The van der Waals surface area contributed by atoms with E-state index < -0.39 is 54.3 Å². The Morgan fingerprint density at radius 3 is 2.20 bits per heavy atom. The summed E-state index contributed by atoms with van der Waals surface area (Å²) in [6.07, 6.45) is -9.70. The lowest BCUT2D eigenvalue weighted by Crippen LogP contribution is -2.51. The molecule has 0 saturated carbocycles. The van der Waals surface area contributed by atoms with E-state index in [2.05, 4.69) is 15.3 Å². The zero-order valence-corrected chi connectivity index (χ0v) is 21.1. The van der Waals surface area contributed by atoms with Crippen molar-refractivity contribution in [3.63, 3.8) is 0 Å². The number of nitriles is 1. The molecule has 0 bridgehead atoms. The Kier molecular flexibility index (Phi) is 11.0. The molecule has 218 valence electrons. The van der Waals surface area contributed by atoms with Crippen molar-refractivity contribution in [3.8, 4) is 17.3 Å². The van der Waals surface area contributed by atoms with Crippen LogP contribution in [0.5, 0.6) is 0 Å². The largest absolute Gasteiger partial charge is 0.490 e. The highest BCUT2D eigenvalue weighted by atomic mass is 19.4. The Morgan fingerprint density at radius 1 is 1.15 bits per heavy atom. The number of nitrogens with two attached hydrogens (primary N) is 1. The molecule has 2 amide bonds. The van der Waals surface area contributed by atoms with Crippen LogP contribution in [-0.4, -0.2) is 62.9 Å². The number of nitrogens with one attached hydrogen (secondary N) is 2. The summed E-state index contributed by atoms with van der Waals surface area (Å²) in [6, 6.07) is 4.77. The maximum Gasteiger partial charge on any atom is 0.490 e. The van der Waals surface area contributed by atoms with Crippen molar-refractivity contribution in [2.75, 3.05) is 12.3 Å². The number of nitrogens with zero attached hydrogens (tertiary/aromatic N) is 3. The molecule has 0 saturated heterocycles. The number of hydrogen-bond donors (Lipinski definition) is 5. The number of anilines is 1. The average molecular weight is 578 g/mol. The number of carbonyl (C=O) groups is 3. The smallest absolute Gasteiger partial charge is 0.475 e. The Bertz CT molecular complexity index is 1290. The van der Waals surface area contributed by atoms with Crippen LogP contribution >= 0.6 is 0 Å². The van der Waals surface area contributed by atoms with Crippen LogP contribution in [0.15, 0.2) is 24.4 Å². The maximum absolute atomic E-state index is 13.8. The van der Waals surface area contributed by atoms with Crippen molar-refractivity contribution in [1.82, 2.24) is 20.6 Å². The van der Waals surface area contributed by atoms with Crippen molar-refractivity contribution in [1.29, 1.82) is 5.26 Å². The van der Waals surface area contributed by atoms with E-state index >= 15 is 0 Å². The molecule has 2 aromatic rings. The number of carboxylic acids is 1. The first-order valence-electron chi connectivity index (χ1n) is 11.0. The van der Waals surface area contributed by atoms with Gasteiger partial charge in [0.2, 0.25) is 11.5 Å². The predicted octanol–water partition coefficient (Wildman–Crippen LogP) is 2.59. The summed E-state index contributed by atoms with van der Waals surface area (Å²) in [5, 5.41) is 30.7. The molecule has 1 atom stereocenters. The van der Waals surface area contributed by atoms with Crippen molar-refractivity contribution < 1.29 is 50.9 Å². The summed E-state index contributed by atoms with van der Waals surface area (Å²) in [5.74, 6) is -4.47. The lowest BCUT2D eigenvalue weighted by atomic mass is 9.89. The summed E-state index contributed by atoms with van der Waals surface area (Å²) >= 11 is 0. The molecule has 0 fully saturated rings. The van der Waals surface area contributed by atoms with Crippen LogP contribution in [0, 0.1) is 18.3 Å². The number of alkyl halides is 6. The van der Waals surface area contributed by atoms with E-state index in [9.17, 15) is 41.0 Å². The number of hydrogen-bond acceptors (Lipinski definition) is 8. The monoisotopic (exact) mass is 578 g/mol. The number of amides is 2. The second-order valence-electron chi connectivity index (χ2n) is 8.42. The molecule has 11 nitrogen and oxygen atoms in total. The van der Waals surface area contributed by atoms with Crippen molar-refractivity contribution in [2.24, 2.45) is 0 Å². The first kappa shape index (κ1) is 33.6. The summed E-state index contributed by atoms with van der Waals surface area (Å²) < 4.78 is 73.3. The number of aromatic nitrogens is 2. The second-order valence-corrected chi connectivity index (χ2v) is 8.42. The Hall–Kier alpha value is -4.46. The van der Waals surface area contributed by atoms with Crippen molar-refractivity contribution >= 4 is 23.6 Å². The maximum atomic E-state index is 13.8. The zero-order valence-electron chi connectivity index (χ0n) is 21.1. The average Bonchev–Trinajstić information content (AvgIpc) is 2.82. The highest BCUT2D eigenvalue weighted by molar-refractivity contribution is 5.97. The Morgan fingerprint density at radius 2 is 1.73 bits per heavy atom. The van der Waals surface area contributed by atoms with Crippen LogP contribution in [-0.2, 0) is 15.2 Å². The van der Waals surface area contributed by atoms with Gasteiger partial charge in [0, 0.05) is 11.6 Å². The van der Waals surface area contributed by atoms with E-state index in [0.29, 0.717) is 5.56 Å². The van der Waals surface area contributed by atoms with Crippen LogP contribution in [0.1, 0.15) is 41.9 Å². The van der Waals surface area contributed by atoms with Gasteiger partial charge in [-0.1, -0.05) is 12.1 Å². The molecule has 1 unspecified atom stereocenters. The first-order chi connectivity index (χ1) is 18.2. The molecule has 1 heterocycles. The van der Waals surface area contributed by atoms with Gasteiger partial charge < -0.3 is 26.6 Å². The Labute approximate surface area is 223 Å². The number of carboxylic acid groups (broad SMARTS) is 1. The third-order valence-electron chi connectivity index (χ3n) is 4.92. The van der Waals surface area contributed by atoms with Crippen LogP contribution in [0.4, 0.5) is 32.2 Å². The third-order valence-corrected chi connectivity index (χ3v) is 4.92. The number of aryl methyl sites for hydroxylation is 1. The molecule has 2 rings (SSSR count). The fourth-order valence-corrected chi connectivity index (χ4v) is 2.91. The molecule has 6 N–H and O–H groups in total. The minimum Gasteiger partial charge on any atom is -0.475 e. The van der Waals surface area contributed by atoms with Crippen molar-refractivity contribution in [2.45, 2.75) is 51.2 Å². The Balaban J connectivity index is 0.00000101. The van der Waals surface area contributed by atoms with Gasteiger partial charge in [0.05, 0.1) is 24.5 Å². The first-order valence-corrected chi connectivity index (χ1v) is 11.0. The van der Waals surface area contributed by atoms with E-state index in [1.54, 1.807) is 20.8 Å². The lowest BCUT2D eigenvalue weighted by Gasteiger charge is -2.31. The number of halogens is 6. The summed E-state index contributed by atoms with van der Waals surface area (Å²) in [5.41, 5.74) is 2.26.